The Bertz CT molecular complexity index is 790. The van der Waals surface area contributed by atoms with Crippen molar-refractivity contribution in [3.05, 3.63) is 37.6 Å². The number of hydrogen-bond acceptors (Lipinski definition) is 6. The second-order valence-electron chi connectivity index (χ2n) is 14.0. The smallest absolute Gasteiger partial charge is 0.333 e. The summed E-state index contributed by atoms with van der Waals surface area (Å²) in [6.45, 7) is 18.7. The van der Waals surface area contributed by atoms with Crippen LogP contribution in [-0.4, -0.2) is 31.1 Å². The summed E-state index contributed by atoms with van der Waals surface area (Å²) < 4.78 is 14.2. The molecule has 0 bridgehead atoms. The number of unbranched alkanes of at least 4 members (excludes halogenated alkanes) is 28. The Labute approximate surface area is 317 Å². The Morgan fingerprint density at radius 1 is 0.451 bits per heavy atom. The van der Waals surface area contributed by atoms with Gasteiger partial charge in [0.2, 0.25) is 0 Å². The second-order valence-corrected chi connectivity index (χ2v) is 14.0. The zero-order chi connectivity index (χ0) is 38.5. The number of esters is 3. The summed E-state index contributed by atoms with van der Waals surface area (Å²) in [5, 5.41) is 0. The van der Waals surface area contributed by atoms with Gasteiger partial charge in [0.1, 0.15) is 0 Å². The fourth-order valence-corrected chi connectivity index (χ4v) is 5.58. The van der Waals surface area contributed by atoms with E-state index in [1.807, 2.05) is 0 Å². The molecule has 6 nitrogen and oxygen atoms in total. The van der Waals surface area contributed by atoms with Gasteiger partial charge >= 0.3 is 17.9 Å². The minimum absolute atomic E-state index is 0.258. The number of carbonyl (C=O) groups excluding carboxylic acids is 3. The normalized spacial score (nSPS) is 10.2. The molecular formula is C45H84O6. The van der Waals surface area contributed by atoms with Crippen molar-refractivity contribution in [2.24, 2.45) is 0 Å². The minimum atomic E-state index is -0.329. The van der Waals surface area contributed by atoms with Gasteiger partial charge in [-0.1, -0.05) is 213 Å². The van der Waals surface area contributed by atoms with Crippen LogP contribution in [0.2, 0.25) is 0 Å². The molecule has 0 saturated carbocycles. The van der Waals surface area contributed by atoms with E-state index in [9.17, 15) is 14.4 Å². The molecule has 0 amide bonds. The van der Waals surface area contributed by atoms with E-state index in [1.54, 1.807) is 6.92 Å². The molecule has 0 aliphatic heterocycles. The Balaban J connectivity index is -0.000000821. The first-order chi connectivity index (χ1) is 24.8. The van der Waals surface area contributed by atoms with Crippen LogP contribution in [0, 0.1) is 0 Å². The minimum Gasteiger partial charge on any atom is -0.463 e. The van der Waals surface area contributed by atoms with E-state index in [2.05, 4.69) is 38.3 Å². The highest BCUT2D eigenvalue weighted by Gasteiger charge is 2.02. The van der Waals surface area contributed by atoms with Gasteiger partial charge in [0, 0.05) is 18.6 Å². The molecule has 0 rings (SSSR count). The molecule has 51 heavy (non-hydrogen) atoms. The quantitative estimate of drug-likeness (QED) is 0.0213. The maximum atomic E-state index is 11.1. The molecular weight excluding hydrogens is 636 g/mol. The number of ether oxygens (including phenoxy) is 3. The topological polar surface area (TPSA) is 78.9 Å². The summed E-state index contributed by atoms with van der Waals surface area (Å²) in [5.74, 6) is -0.885. The van der Waals surface area contributed by atoms with Gasteiger partial charge < -0.3 is 14.2 Å². The van der Waals surface area contributed by atoms with Gasteiger partial charge in [-0.3, -0.25) is 4.79 Å². The number of hydrogen-bond donors (Lipinski definition) is 0. The van der Waals surface area contributed by atoms with Gasteiger partial charge in [0.25, 0.3) is 0 Å². The first kappa shape index (κ1) is 53.0. The van der Waals surface area contributed by atoms with Crippen molar-refractivity contribution in [2.75, 3.05) is 13.2 Å². The van der Waals surface area contributed by atoms with Crippen LogP contribution in [0.5, 0.6) is 0 Å². The summed E-state index contributed by atoms with van der Waals surface area (Å²) in [4.78, 5) is 31.7. The van der Waals surface area contributed by atoms with Gasteiger partial charge in [0.05, 0.1) is 19.5 Å². The molecule has 0 aromatic carbocycles. The average Bonchev–Trinajstić information content (AvgIpc) is 3.11. The van der Waals surface area contributed by atoms with E-state index >= 15 is 0 Å². The lowest BCUT2D eigenvalue weighted by Gasteiger charge is -2.04. The molecule has 0 aromatic heterocycles. The third-order valence-corrected chi connectivity index (χ3v) is 8.74. The lowest BCUT2D eigenvalue weighted by molar-refractivity contribution is -0.139. The standard InChI is InChI=1S/C25H48O2.C16H30O2.C4H6O2/c1-3-5-6-7-8-9-10-11-12-13-14-15-16-17-18-19-20-21-22-23-24-27-25(26)4-2;1-4-5-6-7-8-9-10-11-12-13-14-18-16(17)15(2)3;1-3-6-4(2)5/h4H,2-3,5-24H2,1H3;2,4-14H2,1,3H3;3H,1H2,2H3. The van der Waals surface area contributed by atoms with E-state index in [-0.39, 0.29) is 17.9 Å². The highest BCUT2D eigenvalue weighted by atomic mass is 16.5. The number of carbonyl (C=O) groups is 3. The summed E-state index contributed by atoms with van der Waals surface area (Å²) in [7, 11) is 0. The summed E-state index contributed by atoms with van der Waals surface area (Å²) >= 11 is 0. The lowest BCUT2D eigenvalue weighted by Crippen LogP contribution is -2.05. The largest absolute Gasteiger partial charge is 0.463 e. The van der Waals surface area contributed by atoms with E-state index in [0.717, 1.165) is 19.1 Å². The van der Waals surface area contributed by atoms with E-state index in [0.29, 0.717) is 18.8 Å². The van der Waals surface area contributed by atoms with Gasteiger partial charge in [-0.05, 0) is 19.8 Å². The first-order valence-corrected chi connectivity index (χ1v) is 21.2. The van der Waals surface area contributed by atoms with Crippen molar-refractivity contribution in [2.45, 2.75) is 220 Å². The van der Waals surface area contributed by atoms with Crippen molar-refractivity contribution in [3.63, 3.8) is 0 Å². The van der Waals surface area contributed by atoms with Crippen LogP contribution >= 0.6 is 0 Å². The monoisotopic (exact) mass is 721 g/mol. The molecule has 0 atom stereocenters. The van der Waals surface area contributed by atoms with Crippen molar-refractivity contribution in [1.82, 2.24) is 0 Å². The van der Waals surface area contributed by atoms with Crippen molar-refractivity contribution >= 4 is 17.9 Å². The summed E-state index contributed by atoms with van der Waals surface area (Å²) in [6.07, 6.45) is 43.0. The van der Waals surface area contributed by atoms with Crippen LogP contribution in [0.4, 0.5) is 0 Å². The molecule has 0 aliphatic rings. The molecule has 0 radical (unpaired) electrons. The molecule has 0 unspecified atom stereocenters. The predicted octanol–water partition coefficient (Wildman–Crippen LogP) is 14.3. The van der Waals surface area contributed by atoms with E-state index < -0.39 is 0 Å². The SMILES string of the molecule is C=C(C)C(=O)OCCCCCCCCCCCC.C=CC(=O)OCCCCCCCCCCCCCCCCCCCCCC.C=COC(C)=O. The second kappa shape index (κ2) is 47.6. The van der Waals surface area contributed by atoms with Crippen molar-refractivity contribution in [3.8, 4) is 0 Å². The molecule has 300 valence electrons. The van der Waals surface area contributed by atoms with Crippen LogP contribution in [0.3, 0.4) is 0 Å². The van der Waals surface area contributed by atoms with E-state index in [4.69, 9.17) is 9.47 Å². The molecule has 0 N–H and O–H groups in total. The average molecular weight is 721 g/mol. The van der Waals surface area contributed by atoms with Gasteiger partial charge in [-0.25, -0.2) is 9.59 Å². The fourth-order valence-electron chi connectivity index (χ4n) is 5.58. The highest BCUT2D eigenvalue weighted by molar-refractivity contribution is 5.86. The van der Waals surface area contributed by atoms with Crippen LogP contribution in [0.15, 0.2) is 37.6 Å². The van der Waals surface area contributed by atoms with Crippen molar-refractivity contribution < 1.29 is 28.6 Å². The Hall–Kier alpha value is -2.37. The van der Waals surface area contributed by atoms with E-state index in [1.165, 1.54) is 193 Å². The van der Waals surface area contributed by atoms with Crippen LogP contribution in [0.1, 0.15) is 220 Å². The number of rotatable bonds is 35. The maximum absolute atomic E-state index is 11.1. The van der Waals surface area contributed by atoms with Gasteiger partial charge in [0.15, 0.2) is 0 Å². The maximum Gasteiger partial charge on any atom is 0.333 e. The Morgan fingerprint density at radius 2 is 0.725 bits per heavy atom. The van der Waals surface area contributed by atoms with Gasteiger partial charge in [-0.15, -0.1) is 0 Å². The highest BCUT2D eigenvalue weighted by Crippen LogP contribution is 2.15. The zero-order valence-corrected chi connectivity index (χ0v) is 34.4. The van der Waals surface area contributed by atoms with Crippen LogP contribution < -0.4 is 0 Å². The summed E-state index contributed by atoms with van der Waals surface area (Å²) in [6, 6.07) is 0. The Kier molecular flexibility index (Phi) is 49.5. The molecule has 6 heteroatoms. The van der Waals surface area contributed by atoms with Crippen LogP contribution in [-0.2, 0) is 28.6 Å². The van der Waals surface area contributed by atoms with Gasteiger partial charge in [-0.2, -0.15) is 0 Å². The first-order valence-electron chi connectivity index (χ1n) is 21.2. The third kappa shape index (κ3) is 54.6. The molecule has 0 spiro atoms. The molecule has 0 aliphatic carbocycles. The lowest BCUT2D eigenvalue weighted by atomic mass is 10.0. The molecule has 0 heterocycles. The predicted molar refractivity (Wildman–Crippen MR) is 219 cm³/mol. The third-order valence-electron chi connectivity index (χ3n) is 8.74. The van der Waals surface area contributed by atoms with Crippen LogP contribution in [0.25, 0.3) is 0 Å². The molecule has 0 fully saturated rings. The van der Waals surface area contributed by atoms with Crippen molar-refractivity contribution in [1.29, 1.82) is 0 Å². The fraction of sp³-hybridized carbons (Fsp3) is 0.800. The molecule has 0 saturated heterocycles. The zero-order valence-electron chi connectivity index (χ0n) is 34.4. The summed E-state index contributed by atoms with van der Waals surface area (Å²) in [5.41, 5.74) is 0.488. The Morgan fingerprint density at radius 3 is 0.941 bits per heavy atom. The molecule has 0 aromatic rings.